The highest BCUT2D eigenvalue weighted by molar-refractivity contribution is 5.93. The zero-order valence-electron chi connectivity index (χ0n) is 19.7. The summed E-state index contributed by atoms with van der Waals surface area (Å²) >= 11 is 0. The summed E-state index contributed by atoms with van der Waals surface area (Å²) in [5, 5.41) is 41.8. The van der Waals surface area contributed by atoms with Crippen LogP contribution in [0.2, 0.25) is 0 Å². The van der Waals surface area contributed by atoms with Crippen molar-refractivity contribution in [3.8, 4) is 28.4 Å². The molecule has 8 heteroatoms. The molecule has 0 radical (unpaired) electrons. The Labute approximate surface area is 199 Å². The third-order valence-electron chi connectivity index (χ3n) is 6.56. The number of nitrogens with one attached hydrogen (secondary N) is 1. The van der Waals surface area contributed by atoms with Crippen LogP contribution in [-0.4, -0.2) is 42.8 Å². The maximum absolute atomic E-state index is 11.9. The van der Waals surface area contributed by atoms with Crippen LogP contribution in [0.15, 0.2) is 36.4 Å². The predicted molar refractivity (Wildman–Crippen MR) is 129 cm³/mol. The van der Waals surface area contributed by atoms with Crippen LogP contribution in [0.25, 0.3) is 16.9 Å². The molecule has 0 saturated heterocycles. The van der Waals surface area contributed by atoms with Crippen molar-refractivity contribution in [2.45, 2.75) is 58.4 Å². The van der Waals surface area contributed by atoms with Crippen molar-refractivity contribution in [1.82, 2.24) is 20.3 Å². The fourth-order valence-corrected chi connectivity index (χ4v) is 4.66. The van der Waals surface area contributed by atoms with E-state index in [1.807, 2.05) is 38.1 Å². The van der Waals surface area contributed by atoms with Crippen LogP contribution in [-0.2, 0) is 6.54 Å². The van der Waals surface area contributed by atoms with Crippen LogP contribution in [0.4, 0.5) is 0 Å². The van der Waals surface area contributed by atoms with Crippen LogP contribution in [0.3, 0.4) is 0 Å². The van der Waals surface area contributed by atoms with E-state index in [1.54, 1.807) is 6.07 Å². The van der Waals surface area contributed by atoms with E-state index < -0.39 is 5.97 Å². The summed E-state index contributed by atoms with van der Waals surface area (Å²) in [5.74, 6) is -0.706. The Morgan fingerprint density at radius 3 is 2.44 bits per heavy atom. The minimum Gasteiger partial charge on any atom is -0.508 e. The van der Waals surface area contributed by atoms with E-state index in [1.165, 1.54) is 42.9 Å². The van der Waals surface area contributed by atoms with Gasteiger partial charge in [0.2, 0.25) is 0 Å². The number of hydrogen-bond acceptors (Lipinski definition) is 6. The largest absolute Gasteiger partial charge is 0.508 e. The predicted octanol–water partition coefficient (Wildman–Crippen LogP) is 4.84. The number of carboxylic acid groups (broad SMARTS) is 1. The van der Waals surface area contributed by atoms with Gasteiger partial charge in [-0.15, -0.1) is 5.10 Å². The lowest BCUT2D eigenvalue weighted by Gasteiger charge is -2.21. The molecule has 0 aliphatic heterocycles. The monoisotopic (exact) mass is 464 g/mol. The molecule has 1 aliphatic carbocycles. The number of carbonyl (C=O) groups is 1. The van der Waals surface area contributed by atoms with Gasteiger partial charge >= 0.3 is 5.97 Å². The number of aromatic hydroxyl groups is 2. The molecule has 1 aliphatic rings. The second kappa shape index (κ2) is 10.3. The lowest BCUT2D eigenvalue weighted by atomic mass is 9.89. The highest BCUT2D eigenvalue weighted by atomic mass is 16.4. The Morgan fingerprint density at radius 1 is 1.09 bits per heavy atom. The van der Waals surface area contributed by atoms with Gasteiger partial charge < -0.3 is 20.6 Å². The maximum atomic E-state index is 11.9. The molecule has 1 saturated carbocycles. The number of hydrogen-bond donors (Lipinski definition) is 4. The standard InChI is InChI=1S/C26H32N4O4/c1-16(2)20-12-21(23(32)13-22(20)31)30-25(24(26(33)34)28-29-30)19-10-8-18(9-11-19)15-27-14-17-6-4-3-5-7-17/h8-13,16-17,27,31-32H,3-7,14-15H2,1-2H3,(H,33,34). The Balaban J connectivity index is 1.61. The lowest BCUT2D eigenvalue weighted by molar-refractivity contribution is 0.0691. The molecule has 0 spiro atoms. The third kappa shape index (κ3) is 5.07. The fraction of sp³-hybridized carbons (Fsp3) is 0.423. The van der Waals surface area contributed by atoms with Gasteiger partial charge in [-0.25, -0.2) is 9.48 Å². The van der Waals surface area contributed by atoms with Crippen molar-refractivity contribution in [3.05, 3.63) is 53.2 Å². The van der Waals surface area contributed by atoms with Crippen LogP contribution < -0.4 is 5.32 Å². The number of carboxylic acids is 1. The smallest absolute Gasteiger partial charge is 0.358 e. The van der Waals surface area contributed by atoms with Crippen molar-refractivity contribution in [2.24, 2.45) is 5.92 Å². The fourth-order valence-electron chi connectivity index (χ4n) is 4.66. The summed E-state index contributed by atoms with van der Waals surface area (Å²) in [6.07, 6.45) is 6.59. The SMILES string of the molecule is CC(C)c1cc(-n2nnc(C(=O)O)c2-c2ccc(CNCC3CCCCC3)cc2)c(O)cc1O. The van der Waals surface area contributed by atoms with Crippen LogP contribution >= 0.6 is 0 Å². The molecule has 4 N–H and O–H groups in total. The van der Waals surface area contributed by atoms with Crippen molar-refractivity contribution >= 4 is 5.97 Å². The third-order valence-corrected chi connectivity index (χ3v) is 6.56. The van der Waals surface area contributed by atoms with E-state index in [-0.39, 0.29) is 34.5 Å². The molecule has 1 aromatic heterocycles. The molecule has 180 valence electrons. The van der Waals surface area contributed by atoms with Crippen LogP contribution in [0.1, 0.15) is 73.5 Å². The van der Waals surface area contributed by atoms with Gasteiger partial charge in [-0.2, -0.15) is 0 Å². The molecule has 3 aromatic rings. The van der Waals surface area contributed by atoms with E-state index >= 15 is 0 Å². The number of phenolic OH excluding ortho intramolecular Hbond substituents is 2. The first-order valence-corrected chi connectivity index (χ1v) is 11.9. The zero-order valence-corrected chi connectivity index (χ0v) is 19.7. The molecule has 1 heterocycles. The number of nitrogens with zero attached hydrogens (tertiary/aromatic N) is 3. The van der Waals surface area contributed by atoms with E-state index in [2.05, 4.69) is 15.6 Å². The first-order chi connectivity index (χ1) is 16.3. The minimum atomic E-state index is -1.21. The summed E-state index contributed by atoms with van der Waals surface area (Å²) in [4.78, 5) is 11.9. The molecule has 0 atom stereocenters. The van der Waals surface area contributed by atoms with Gasteiger partial charge in [-0.3, -0.25) is 0 Å². The molecular weight excluding hydrogens is 432 g/mol. The zero-order chi connectivity index (χ0) is 24.2. The maximum Gasteiger partial charge on any atom is 0.358 e. The second-order valence-electron chi connectivity index (χ2n) is 9.39. The van der Waals surface area contributed by atoms with Crippen molar-refractivity contribution in [1.29, 1.82) is 0 Å². The molecule has 4 rings (SSSR count). The summed E-state index contributed by atoms with van der Waals surface area (Å²) in [6, 6.07) is 10.5. The average Bonchev–Trinajstić information content (AvgIpc) is 3.25. The number of benzene rings is 2. The quantitative estimate of drug-likeness (QED) is 0.376. The second-order valence-corrected chi connectivity index (χ2v) is 9.39. The molecule has 1 fully saturated rings. The van der Waals surface area contributed by atoms with Gasteiger partial charge in [0, 0.05) is 18.2 Å². The lowest BCUT2D eigenvalue weighted by Crippen LogP contribution is -2.24. The van der Waals surface area contributed by atoms with Crippen LogP contribution in [0, 0.1) is 5.92 Å². The van der Waals surface area contributed by atoms with Crippen molar-refractivity contribution in [3.63, 3.8) is 0 Å². The number of aromatic carboxylic acids is 1. The van der Waals surface area contributed by atoms with Gasteiger partial charge in [-0.1, -0.05) is 62.6 Å². The van der Waals surface area contributed by atoms with Gasteiger partial charge in [0.25, 0.3) is 0 Å². The highest BCUT2D eigenvalue weighted by Gasteiger charge is 2.24. The van der Waals surface area contributed by atoms with Gasteiger partial charge in [0.1, 0.15) is 22.9 Å². The summed E-state index contributed by atoms with van der Waals surface area (Å²) < 4.78 is 1.32. The van der Waals surface area contributed by atoms with Crippen molar-refractivity contribution in [2.75, 3.05) is 6.54 Å². The molecule has 34 heavy (non-hydrogen) atoms. The normalized spacial score (nSPS) is 14.6. The number of rotatable bonds is 8. The average molecular weight is 465 g/mol. The highest BCUT2D eigenvalue weighted by Crippen LogP contribution is 2.36. The first kappa shape index (κ1) is 23.8. The Kier molecular flexibility index (Phi) is 7.17. The van der Waals surface area contributed by atoms with E-state index in [9.17, 15) is 20.1 Å². The van der Waals surface area contributed by atoms with Gasteiger partial charge in [-0.05, 0) is 48.4 Å². The first-order valence-electron chi connectivity index (χ1n) is 11.9. The number of aromatic nitrogens is 3. The number of phenols is 2. The topological polar surface area (TPSA) is 121 Å². The van der Waals surface area contributed by atoms with Crippen molar-refractivity contribution < 1.29 is 20.1 Å². The van der Waals surface area contributed by atoms with Gasteiger partial charge in [0.15, 0.2) is 5.69 Å². The Hall–Kier alpha value is -3.39. The van der Waals surface area contributed by atoms with Crippen LogP contribution in [0.5, 0.6) is 11.5 Å². The Bertz CT molecular complexity index is 1150. The molecule has 2 aromatic carbocycles. The van der Waals surface area contributed by atoms with E-state index in [4.69, 9.17) is 0 Å². The summed E-state index contributed by atoms with van der Waals surface area (Å²) in [7, 11) is 0. The molecule has 0 amide bonds. The summed E-state index contributed by atoms with van der Waals surface area (Å²) in [5.41, 5.74) is 2.66. The summed E-state index contributed by atoms with van der Waals surface area (Å²) in [6.45, 7) is 5.60. The van der Waals surface area contributed by atoms with E-state index in [0.29, 0.717) is 11.1 Å². The van der Waals surface area contributed by atoms with E-state index in [0.717, 1.165) is 24.6 Å². The Morgan fingerprint density at radius 2 is 1.79 bits per heavy atom. The molecule has 0 unspecified atom stereocenters. The molecule has 0 bridgehead atoms. The molecule has 8 nitrogen and oxygen atoms in total. The molecular formula is C26H32N4O4. The van der Waals surface area contributed by atoms with Gasteiger partial charge in [0.05, 0.1) is 0 Å². The minimum absolute atomic E-state index is 0.00865.